The molecule has 0 saturated carbocycles. The second kappa shape index (κ2) is 7.53. The standard InChI is InChI=1S/C19H20N2O8/c1-8-4-11-16(18(24)15(8)19(25)29-3)10(7-14(22)20-11)9-5-12(21(26)27)17(23)13(6-9)28-2/h5-6,8,10,15,23H,4,7H2,1-3H3,(H,20,22)/p-1/t8-,10+,15-/m0/s1. The summed E-state index contributed by atoms with van der Waals surface area (Å²) in [7, 11) is 2.39. The Morgan fingerprint density at radius 2 is 1.93 bits per heavy atom. The highest BCUT2D eigenvalue weighted by atomic mass is 16.6. The summed E-state index contributed by atoms with van der Waals surface area (Å²) in [5, 5.41) is 26.1. The van der Waals surface area contributed by atoms with Crippen molar-refractivity contribution in [1.29, 1.82) is 0 Å². The molecule has 0 saturated heterocycles. The number of nitro benzene ring substituents is 1. The molecule has 0 unspecified atom stereocenters. The number of carbonyl (C=O) groups excluding carboxylic acids is 3. The highest BCUT2D eigenvalue weighted by molar-refractivity contribution is 6.11. The van der Waals surface area contributed by atoms with Gasteiger partial charge in [0.25, 0.3) is 5.69 Å². The number of benzene rings is 1. The second-order valence-corrected chi connectivity index (χ2v) is 7.07. The lowest BCUT2D eigenvalue weighted by molar-refractivity contribution is -0.398. The number of esters is 1. The van der Waals surface area contributed by atoms with Crippen LogP contribution < -0.4 is 15.2 Å². The first-order valence-electron chi connectivity index (χ1n) is 8.87. The Morgan fingerprint density at radius 3 is 2.52 bits per heavy atom. The number of ether oxygens (including phenoxy) is 2. The molecule has 1 aromatic carbocycles. The van der Waals surface area contributed by atoms with Crippen molar-refractivity contribution in [2.24, 2.45) is 11.8 Å². The van der Waals surface area contributed by atoms with Crippen LogP contribution in [0.2, 0.25) is 0 Å². The number of hydrogen-bond acceptors (Lipinski definition) is 8. The molecule has 1 aromatic rings. The number of carbonyl (C=O) groups is 3. The van der Waals surface area contributed by atoms with Gasteiger partial charge in [0.15, 0.2) is 5.78 Å². The lowest BCUT2D eigenvalue weighted by Crippen LogP contribution is -2.44. The van der Waals surface area contributed by atoms with Crippen molar-refractivity contribution in [1.82, 2.24) is 5.32 Å². The average Bonchev–Trinajstić information content (AvgIpc) is 2.66. The molecule has 1 aliphatic carbocycles. The van der Waals surface area contributed by atoms with Crippen molar-refractivity contribution in [3.05, 3.63) is 39.1 Å². The number of hydrogen-bond donors (Lipinski definition) is 1. The third-order valence-corrected chi connectivity index (χ3v) is 5.33. The largest absolute Gasteiger partial charge is 0.865 e. The molecule has 10 heteroatoms. The summed E-state index contributed by atoms with van der Waals surface area (Å²) in [6.07, 6.45) is 0.104. The summed E-state index contributed by atoms with van der Waals surface area (Å²) in [6, 6.07) is 2.35. The van der Waals surface area contributed by atoms with Crippen LogP contribution in [0.15, 0.2) is 23.4 Å². The van der Waals surface area contributed by atoms with Gasteiger partial charge in [-0.2, -0.15) is 0 Å². The predicted octanol–water partition coefficient (Wildman–Crippen LogP) is 0.933. The molecule has 0 fully saturated rings. The third-order valence-electron chi connectivity index (χ3n) is 5.33. The monoisotopic (exact) mass is 403 g/mol. The molecule has 3 atom stereocenters. The van der Waals surface area contributed by atoms with E-state index in [-0.39, 0.29) is 41.6 Å². The van der Waals surface area contributed by atoms with Crippen LogP contribution in [-0.4, -0.2) is 36.8 Å². The van der Waals surface area contributed by atoms with Crippen molar-refractivity contribution in [2.45, 2.75) is 25.7 Å². The van der Waals surface area contributed by atoms with Gasteiger partial charge in [-0.05, 0) is 24.0 Å². The quantitative estimate of drug-likeness (QED) is 0.338. The van der Waals surface area contributed by atoms with Gasteiger partial charge in [0.1, 0.15) is 11.7 Å². The van der Waals surface area contributed by atoms with E-state index in [2.05, 4.69) is 5.32 Å². The molecule has 0 spiro atoms. The Bertz CT molecular complexity index is 952. The van der Waals surface area contributed by atoms with Gasteiger partial charge in [0.05, 0.1) is 19.1 Å². The Labute approximate surface area is 165 Å². The Morgan fingerprint density at radius 1 is 1.24 bits per heavy atom. The number of nitrogens with zero attached hydrogens (tertiary/aromatic N) is 1. The van der Waals surface area contributed by atoms with E-state index in [0.717, 1.165) is 6.07 Å². The summed E-state index contributed by atoms with van der Waals surface area (Å²) in [5.74, 6) is -4.97. The third kappa shape index (κ3) is 3.41. The fourth-order valence-electron chi connectivity index (χ4n) is 3.98. The predicted molar refractivity (Wildman–Crippen MR) is 95.9 cm³/mol. The fourth-order valence-corrected chi connectivity index (χ4v) is 3.98. The Kier molecular flexibility index (Phi) is 5.27. The van der Waals surface area contributed by atoms with Crippen molar-refractivity contribution in [3.8, 4) is 11.5 Å². The Hall–Kier alpha value is -3.43. The van der Waals surface area contributed by atoms with Crippen molar-refractivity contribution in [2.75, 3.05) is 14.2 Å². The normalized spacial score (nSPS) is 23.9. The van der Waals surface area contributed by atoms with Gasteiger partial charge in [-0.1, -0.05) is 6.92 Å². The number of nitro groups is 1. The molecular weight excluding hydrogens is 384 g/mol. The minimum atomic E-state index is -1.04. The highest BCUT2D eigenvalue weighted by Crippen LogP contribution is 2.45. The van der Waals surface area contributed by atoms with E-state index in [1.54, 1.807) is 6.92 Å². The number of amides is 1. The van der Waals surface area contributed by atoms with E-state index >= 15 is 0 Å². The van der Waals surface area contributed by atoms with Gasteiger partial charge in [-0.15, -0.1) is 0 Å². The summed E-state index contributed by atoms with van der Waals surface area (Å²) < 4.78 is 9.71. The smallest absolute Gasteiger partial charge is 0.316 e. The van der Waals surface area contributed by atoms with Gasteiger partial charge in [0, 0.05) is 35.4 Å². The highest BCUT2D eigenvalue weighted by Gasteiger charge is 2.45. The number of Topliss-reactive ketones (excluding diaryl/α,β-unsaturated/α-hetero) is 1. The maximum atomic E-state index is 13.2. The second-order valence-electron chi connectivity index (χ2n) is 7.07. The van der Waals surface area contributed by atoms with Crippen LogP contribution in [0.5, 0.6) is 11.5 Å². The SMILES string of the molecule is COC(=O)[C@@H]1C(=O)C2=C(C[C@@H]1C)NC(=O)C[C@@H]2c1cc(OC)c([O-])c([N+](=O)[O-])c1. The molecule has 1 aliphatic heterocycles. The van der Waals surface area contributed by atoms with Crippen LogP contribution in [0.3, 0.4) is 0 Å². The topological polar surface area (TPSA) is 148 Å². The van der Waals surface area contributed by atoms with E-state index in [1.165, 1.54) is 20.3 Å². The number of rotatable bonds is 4. The molecule has 3 rings (SSSR count). The summed E-state index contributed by atoms with van der Waals surface area (Å²) in [5.41, 5.74) is 0.0977. The summed E-state index contributed by atoms with van der Waals surface area (Å²) in [4.78, 5) is 48.0. The minimum absolute atomic E-state index is 0.161. The van der Waals surface area contributed by atoms with Gasteiger partial charge in [-0.3, -0.25) is 24.5 Å². The molecule has 1 N–H and O–H groups in total. The van der Waals surface area contributed by atoms with Crippen LogP contribution in [0, 0.1) is 22.0 Å². The zero-order valence-corrected chi connectivity index (χ0v) is 16.0. The van der Waals surface area contributed by atoms with Crippen LogP contribution >= 0.6 is 0 Å². The van der Waals surface area contributed by atoms with E-state index < -0.39 is 39.9 Å². The van der Waals surface area contributed by atoms with Gasteiger partial charge in [0.2, 0.25) is 5.91 Å². The average molecular weight is 403 g/mol. The van der Waals surface area contributed by atoms with E-state index in [0.29, 0.717) is 5.70 Å². The van der Waals surface area contributed by atoms with E-state index in [1.807, 2.05) is 0 Å². The zero-order valence-electron chi connectivity index (χ0n) is 16.0. The molecule has 0 bridgehead atoms. The molecule has 10 nitrogen and oxygen atoms in total. The first-order valence-corrected chi connectivity index (χ1v) is 8.87. The lowest BCUT2D eigenvalue weighted by atomic mass is 9.70. The molecule has 2 aliphatic rings. The van der Waals surface area contributed by atoms with Gasteiger partial charge < -0.3 is 19.9 Å². The number of ketones is 1. The van der Waals surface area contributed by atoms with Crippen LogP contribution in [-0.2, 0) is 19.1 Å². The molecule has 29 heavy (non-hydrogen) atoms. The van der Waals surface area contributed by atoms with Crippen LogP contribution in [0.4, 0.5) is 5.69 Å². The summed E-state index contributed by atoms with van der Waals surface area (Å²) in [6.45, 7) is 1.71. The van der Waals surface area contributed by atoms with Crippen molar-refractivity contribution >= 4 is 23.3 Å². The fraction of sp³-hybridized carbons (Fsp3) is 0.421. The number of methoxy groups -OCH3 is 2. The van der Waals surface area contributed by atoms with Crippen LogP contribution in [0.25, 0.3) is 0 Å². The molecule has 0 aromatic heterocycles. The molecule has 0 radical (unpaired) electrons. The van der Waals surface area contributed by atoms with Gasteiger partial charge >= 0.3 is 5.97 Å². The number of nitrogens with one attached hydrogen (secondary N) is 1. The molecule has 1 amide bonds. The van der Waals surface area contributed by atoms with Crippen molar-refractivity contribution < 1.29 is 33.9 Å². The maximum absolute atomic E-state index is 13.2. The lowest BCUT2D eigenvalue weighted by Gasteiger charge is -2.36. The number of allylic oxidation sites excluding steroid dienone is 2. The Balaban J connectivity index is 2.17. The van der Waals surface area contributed by atoms with Gasteiger partial charge in [-0.25, -0.2) is 0 Å². The van der Waals surface area contributed by atoms with E-state index in [4.69, 9.17) is 9.47 Å². The minimum Gasteiger partial charge on any atom is -0.865 e. The van der Waals surface area contributed by atoms with Crippen molar-refractivity contribution in [3.63, 3.8) is 0 Å². The molecule has 154 valence electrons. The maximum Gasteiger partial charge on any atom is 0.316 e. The van der Waals surface area contributed by atoms with Crippen LogP contribution in [0.1, 0.15) is 31.2 Å². The van der Waals surface area contributed by atoms with E-state index in [9.17, 15) is 29.6 Å². The molecule has 1 heterocycles. The first-order chi connectivity index (χ1) is 13.7. The first kappa shape index (κ1) is 20.3. The molecular formula is C19H19N2O8-. The zero-order chi connectivity index (χ0) is 21.5. The summed E-state index contributed by atoms with van der Waals surface area (Å²) >= 11 is 0.